The zero-order valence-corrected chi connectivity index (χ0v) is 11.5. The lowest BCUT2D eigenvalue weighted by molar-refractivity contribution is 0.0261. The maximum atomic E-state index is 12.5. The van der Waals surface area contributed by atoms with Crippen LogP contribution in [0.3, 0.4) is 0 Å². The van der Waals surface area contributed by atoms with E-state index in [9.17, 15) is 9.90 Å². The number of amides is 1. The van der Waals surface area contributed by atoms with Crippen LogP contribution in [0.2, 0.25) is 0 Å². The summed E-state index contributed by atoms with van der Waals surface area (Å²) in [5.74, 6) is -0.164. The summed E-state index contributed by atoms with van der Waals surface area (Å²) in [6.45, 7) is 2.51. The monoisotopic (exact) mass is 266 g/mol. The quantitative estimate of drug-likeness (QED) is 0.850. The molecule has 0 saturated heterocycles. The van der Waals surface area contributed by atoms with Crippen LogP contribution in [0.25, 0.3) is 0 Å². The molecule has 106 valence electrons. The SMILES string of the molecule is CCn1ncc(N)c1C(=O)N(C)C1CCCCC1O. The van der Waals surface area contributed by atoms with Gasteiger partial charge < -0.3 is 15.7 Å². The second-order valence-corrected chi connectivity index (χ2v) is 5.10. The van der Waals surface area contributed by atoms with Gasteiger partial charge in [0.25, 0.3) is 5.91 Å². The molecule has 1 fully saturated rings. The Balaban J connectivity index is 2.20. The van der Waals surface area contributed by atoms with E-state index in [2.05, 4.69) is 5.10 Å². The number of hydrogen-bond donors (Lipinski definition) is 2. The fraction of sp³-hybridized carbons (Fsp3) is 0.692. The van der Waals surface area contributed by atoms with E-state index < -0.39 is 6.10 Å². The van der Waals surface area contributed by atoms with Gasteiger partial charge in [-0.2, -0.15) is 5.10 Å². The Morgan fingerprint density at radius 1 is 1.58 bits per heavy atom. The third kappa shape index (κ3) is 2.58. The average molecular weight is 266 g/mol. The van der Waals surface area contributed by atoms with Crippen molar-refractivity contribution in [3.63, 3.8) is 0 Å². The van der Waals surface area contributed by atoms with Gasteiger partial charge in [0.2, 0.25) is 0 Å². The number of likely N-dealkylation sites (N-methyl/N-ethyl adjacent to an activating group) is 1. The van der Waals surface area contributed by atoms with Crippen molar-refractivity contribution in [3.05, 3.63) is 11.9 Å². The van der Waals surface area contributed by atoms with Crippen LogP contribution >= 0.6 is 0 Å². The van der Waals surface area contributed by atoms with Crippen molar-refractivity contribution in [2.45, 2.75) is 51.3 Å². The van der Waals surface area contributed by atoms with Crippen molar-refractivity contribution in [2.24, 2.45) is 0 Å². The van der Waals surface area contributed by atoms with Gasteiger partial charge in [-0.3, -0.25) is 9.48 Å². The molecule has 6 heteroatoms. The number of aliphatic hydroxyl groups excluding tert-OH is 1. The number of rotatable bonds is 3. The number of aliphatic hydroxyl groups is 1. The highest BCUT2D eigenvalue weighted by molar-refractivity contribution is 5.97. The van der Waals surface area contributed by atoms with E-state index in [0.29, 0.717) is 17.9 Å². The van der Waals surface area contributed by atoms with Crippen molar-refractivity contribution in [1.29, 1.82) is 0 Å². The first-order chi connectivity index (χ1) is 9.06. The number of carbonyl (C=O) groups is 1. The summed E-state index contributed by atoms with van der Waals surface area (Å²) in [6.07, 6.45) is 4.72. The predicted molar refractivity (Wildman–Crippen MR) is 72.7 cm³/mol. The minimum Gasteiger partial charge on any atom is -0.396 e. The van der Waals surface area contributed by atoms with Crippen molar-refractivity contribution in [1.82, 2.24) is 14.7 Å². The van der Waals surface area contributed by atoms with Crippen LogP contribution in [-0.2, 0) is 6.54 Å². The van der Waals surface area contributed by atoms with Crippen molar-refractivity contribution < 1.29 is 9.90 Å². The second kappa shape index (κ2) is 5.61. The van der Waals surface area contributed by atoms with Gasteiger partial charge >= 0.3 is 0 Å². The van der Waals surface area contributed by atoms with Crippen LogP contribution in [0.4, 0.5) is 5.69 Å². The molecule has 0 bridgehead atoms. The fourth-order valence-electron chi connectivity index (χ4n) is 2.73. The number of carbonyl (C=O) groups excluding carboxylic acids is 1. The first-order valence-electron chi connectivity index (χ1n) is 6.82. The summed E-state index contributed by atoms with van der Waals surface area (Å²) in [5.41, 5.74) is 6.64. The van der Waals surface area contributed by atoms with Gasteiger partial charge in [-0.05, 0) is 19.8 Å². The Kier molecular flexibility index (Phi) is 4.09. The molecule has 2 unspecified atom stereocenters. The Morgan fingerprint density at radius 2 is 2.26 bits per heavy atom. The van der Waals surface area contributed by atoms with Gasteiger partial charge in [-0.25, -0.2) is 0 Å². The number of aromatic nitrogens is 2. The van der Waals surface area contributed by atoms with Crippen LogP contribution in [0, 0.1) is 0 Å². The van der Waals surface area contributed by atoms with Gasteiger partial charge in [0, 0.05) is 13.6 Å². The lowest BCUT2D eigenvalue weighted by atomic mass is 9.91. The highest BCUT2D eigenvalue weighted by atomic mass is 16.3. The Morgan fingerprint density at radius 3 is 2.89 bits per heavy atom. The van der Waals surface area contributed by atoms with Gasteiger partial charge in [0.1, 0.15) is 5.69 Å². The van der Waals surface area contributed by atoms with E-state index in [1.165, 1.54) is 6.20 Å². The van der Waals surface area contributed by atoms with Crippen LogP contribution in [-0.4, -0.2) is 44.9 Å². The van der Waals surface area contributed by atoms with Crippen molar-refractivity contribution in [3.8, 4) is 0 Å². The molecule has 0 aromatic carbocycles. The zero-order valence-electron chi connectivity index (χ0n) is 11.5. The number of anilines is 1. The maximum Gasteiger partial charge on any atom is 0.274 e. The molecule has 6 nitrogen and oxygen atoms in total. The summed E-state index contributed by atoms with van der Waals surface area (Å²) in [4.78, 5) is 14.1. The van der Waals surface area contributed by atoms with E-state index in [4.69, 9.17) is 5.73 Å². The first kappa shape index (κ1) is 13.9. The van der Waals surface area contributed by atoms with E-state index in [1.807, 2.05) is 6.92 Å². The van der Waals surface area contributed by atoms with E-state index in [0.717, 1.165) is 25.7 Å². The van der Waals surface area contributed by atoms with Crippen LogP contribution in [0.5, 0.6) is 0 Å². The molecule has 1 amide bonds. The topological polar surface area (TPSA) is 84.4 Å². The molecule has 0 aliphatic heterocycles. The molecule has 0 spiro atoms. The van der Waals surface area contributed by atoms with Crippen LogP contribution in [0.15, 0.2) is 6.20 Å². The molecule has 1 aliphatic carbocycles. The normalized spacial score (nSPS) is 23.3. The smallest absolute Gasteiger partial charge is 0.274 e. The Bertz CT molecular complexity index is 457. The maximum absolute atomic E-state index is 12.5. The van der Waals surface area contributed by atoms with Gasteiger partial charge in [-0.15, -0.1) is 0 Å². The summed E-state index contributed by atoms with van der Waals surface area (Å²) in [5, 5.41) is 14.1. The zero-order chi connectivity index (χ0) is 14.0. The standard InChI is InChI=1S/C13H22N4O2/c1-3-17-12(9(14)8-15-17)13(19)16(2)10-6-4-5-7-11(10)18/h8,10-11,18H,3-7,14H2,1-2H3. The first-order valence-corrected chi connectivity index (χ1v) is 6.82. The molecule has 0 radical (unpaired) electrons. The molecule has 1 saturated carbocycles. The highest BCUT2D eigenvalue weighted by Crippen LogP contribution is 2.24. The molecule has 2 rings (SSSR count). The molecular weight excluding hydrogens is 244 g/mol. The molecule has 19 heavy (non-hydrogen) atoms. The second-order valence-electron chi connectivity index (χ2n) is 5.10. The molecule has 1 aromatic heterocycles. The van der Waals surface area contributed by atoms with Crippen molar-refractivity contribution >= 4 is 11.6 Å². The molecule has 2 atom stereocenters. The Hall–Kier alpha value is -1.56. The van der Waals surface area contributed by atoms with Crippen molar-refractivity contribution in [2.75, 3.05) is 12.8 Å². The largest absolute Gasteiger partial charge is 0.396 e. The minimum atomic E-state index is -0.443. The summed E-state index contributed by atoms with van der Waals surface area (Å²) in [6, 6.07) is -0.124. The van der Waals surface area contributed by atoms with E-state index in [1.54, 1.807) is 16.6 Å². The minimum absolute atomic E-state index is 0.124. The molecular formula is C13H22N4O2. The van der Waals surface area contributed by atoms with E-state index in [-0.39, 0.29) is 11.9 Å². The van der Waals surface area contributed by atoms with Gasteiger partial charge in [-0.1, -0.05) is 12.8 Å². The third-order valence-electron chi connectivity index (χ3n) is 3.88. The highest BCUT2D eigenvalue weighted by Gasteiger charge is 2.31. The van der Waals surface area contributed by atoms with Gasteiger partial charge in [0.15, 0.2) is 0 Å². The average Bonchev–Trinajstić information content (AvgIpc) is 2.78. The number of hydrogen-bond acceptors (Lipinski definition) is 4. The Labute approximate surface area is 113 Å². The number of nitrogens with two attached hydrogens (primary N) is 1. The molecule has 1 aromatic rings. The summed E-state index contributed by atoms with van der Waals surface area (Å²) < 4.78 is 1.60. The molecule has 1 aliphatic rings. The lowest BCUT2D eigenvalue weighted by Gasteiger charge is -2.35. The van der Waals surface area contributed by atoms with Crippen LogP contribution < -0.4 is 5.73 Å². The summed E-state index contributed by atoms with van der Waals surface area (Å²) in [7, 11) is 1.73. The summed E-state index contributed by atoms with van der Waals surface area (Å²) >= 11 is 0. The predicted octanol–water partition coefficient (Wildman–Crippen LogP) is 0.861. The third-order valence-corrected chi connectivity index (χ3v) is 3.88. The number of nitrogen functional groups attached to an aromatic ring is 1. The van der Waals surface area contributed by atoms with Crippen LogP contribution in [0.1, 0.15) is 43.1 Å². The number of nitrogens with zero attached hydrogens (tertiary/aromatic N) is 3. The lowest BCUT2D eigenvalue weighted by Crippen LogP contribution is -2.46. The van der Waals surface area contributed by atoms with E-state index >= 15 is 0 Å². The van der Waals surface area contributed by atoms with Gasteiger partial charge in [0.05, 0.1) is 24.0 Å². The fourth-order valence-corrected chi connectivity index (χ4v) is 2.73. The molecule has 1 heterocycles. The molecule has 3 N–H and O–H groups in total. The number of aryl methyl sites for hydroxylation is 1.